The van der Waals surface area contributed by atoms with Crippen LogP contribution in [0.2, 0.25) is 0 Å². The number of carbonyl (C=O) groups is 2. The molecule has 0 aliphatic carbocycles. The van der Waals surface area contributed by atoms with Crippen molar-refractivity contribution in [1.29, 1.82) is 0 Å². The molecule has 0 radical (unpaired) electrons. The second-order valence-corrected chi connectivity index (χ2v) is 5.41. The Morgan fingerprint density at radius 3 is 2.25 bits per heavy atom. The third-order valence-corrected chi connectivity index (χ3v) is 3.35. The van der Waals surface area contributed by atoms with Crippen LogP contribution in [0.15, 0.2) is 24.3 Å². The molecule has 110 valence electrons. The topological polar surface area (TPSA) is 58.2 Å². The fourth-order valence-corrected chi connectivity index (χ4v) is 2.03. The van der Waals surface area contributed by atoms with Gasteiger partial charge in [0.05, 0.1) is 0 Å². The quantitative estimate of drug-likeness (QED) is 0.701. The van der Waals surface area contributed by atoms with E-state index in [1.54, 1.807) is 0 Å². The summed E-state index contributed by atoms with van der Waals surface area (Å²) < 4.78 is 0. The summed E-state index contributed by atoms with van der Waals surface area (Å²) in [5.41, 5.74) is 2.30. The number of thiol groups is 1. The van der Waals surface area contributed by atoms with Crippen LogP contribution in [0.1, 0.15) is 37.8 Å². The van der Waals surface area contributed by atoms with Gasteiger partial charge in [-0.25, -0.2) is 0 Å². The summed E-state index contributed by atoms with van der Waals surface area (Å²) in [5, 5.41) is 5.36. The molecule has 0 heterocycles. The molecular formula is C15H22N2O2S. The van der Waals surface area contributed by atoms with Gasteiger partial charge in [-0.1, -0.05) is 38.1 Å². The molecule has 0 saturated heterocycles. The highest BCUT2D eigenvalue weighted by molar-refractivity contribution is 7.80. The van der Waals surface area contributed by atoms with E-state index in [0.717, 1.165) is 5.56 Å². The summed E-state index contributed by atoms with van der Waals surface area (Å²) in [6, 6.07) is 7.55. The number of carbonyl (C=O) groups excluding carboxylic acids is 2. The number of hydrogen-bond acceptors (Lipinski definition) is 3. The zero-order valence-electron chi connectivity index (χ0n) is 12.1. The van der Waals surface area contributed by atoms with Gasteiger partial charge in [0.2, 0.25) is 11.8 Å². The van der Waals surface area contributed by atoms with E-state index in [0.29, 0.717) is 12.5 Å². The summed E-state index contributed by atoms with van der Waals surface area (Å²) >= 11 is 4.07. The van der Waals surface area contributed by atoms with E-state index >= 15 is 0 Å². The van der Waals surface area contributed by atoms with Crippen LogP contribution >= 0.6 is 12.6 Å². The van der Waals surface area contributed by atoms with Crippen LogP contribution in [-0.2, 0) is 16.1 Å². The fraction of sp³-hybridized carbons (Fsp3) is 0.467. The van der Waals surface area contributed by atoms with E-state index in [2.05, 4.69) is 49.2 Å². The van der Waals surface area contributed by atoms with E-state index in [-0.39, 0.29) is 17.6 Å². The molecule has 1 aromatic rings. The number of nitrogens with one attached hydrogen (secondary N) is 2. The molecule has 0 bridgehead atoms. The molecule has 0 fully saturated rings. The summed E-state index contributed by atoms with van der Waals surface area (Å²) in [5.74, 6) is 0.313. The van der Waals surface area contributed by atoms with Crippen LogP contribution < -0.4 is 10.6 Å². The standard InChI is InChI=1S/C15H22N2O2S/c1-10(2)13-6-4-12(5-7-13)8-16-15(19)14(9-20)17-11(3)18/h4-7,10,14,20H,8-9H2,1-3H3,(H,16,19)(H,17,18). The number of rotatable bonds is 6. The lowest BCUT2D eigenvalue weighted by atomic mass is 10.0. The molecule has 5 heteroatoms. The first-order valence-corrected chi connectivity index (χ1v) is 7.31. The number of amides is 2. The first-order valence-electron chi connectivity index (χ1n) is 6.68. The Balaban J connectivity index is 2.53. The first-order chi connectivity index (χ1) is 9.43. The molecular weight excluding hydrogens is 272 g/mol. The van der Waals surface area contributed by atoms with Crippen molar-refractivity contribution < 1.29 is 9.59 Å². The molecule has 0 saturated carbocycles. The van der Waals surface area contributed by atoms with Crippen molar-refractivity contribution in [2.24, 2.45) is 0 Å². The van der Waals surface area contributed by atoms with Crippen LogP contribution in [0.5, 0.6) is 0 Å². The zero-order chi connectivity index (χ0) is 15.1. The van der Waals surface area contributed by atoms with Gasteiger partial charge in [-0.15, -0.1) is 0 Å². The van der Waals surface area contributed by atoms with Gasteiger partial charge in [0, 0.05) is 19.2 Å². The normalized spacial score (nSPS) is 12.1. The minimum absolute atomic E-state index is 0.219. The van der Waals surface area contributed by atoms with Crippen molar-refractivity contribution >= 4 is 24.4 Å². The minimum atomic E-state index is -0.592. The van der Waals surface area contributed by atoms with Gasteiger partial charge < -0.3 is 10.6 Å². The molecule has 2 amide bonds. The van der Waals surface area contributed by atoms with Crippen molar-refractivity contribution in [2.75, 3.05) is 5.75 Å². The van der Waals surface area contributed by atoms with E-state index < -0.39 is 6.04 Å². The molecule has 0 aromatic heterocycles. The smallest absolute Gasteiger partial charge is 0.243 e. The summed E-state index contributed by atoms with van der Waals surface area (Å²) in [6.45, 7) is 6.11. The maximum Gasteiger partial charge on any atom is 0.243 e. The second kappa shape index (κ2) is 7.94. The molecule has 1 rings (SSSR count). The van der Waals surface area contributed by atoms with Crippen LogP contribution in [0.3, 0.4) is 0 Å². The van der Waals surface area contributed by atoms with E-state index in [1.165, 1.54) is 12.5 Å². The first kappa shape index (κ1) is 16.6. The predicted octanol–water partition coefficient (Wildman–Crippen LogP) is 1.86. The molecule has 0 spiro atoms. The lowest BCUT2D eigenvalue weighted by Gasteiger charge is -2.15. The van der Waals surface area contributed by atoms with Gasteiger partial charge in [-0.3, -0.25) is 9.59 Å². The Kier molecular flexibility index (Phi) is 6.58. The Morgan fingerprint density at radius 1 is 1.20 bits per heavy atom. The molecule has 0 aliphatic rings. The second-order valence-electron chi connectivity index (χ2n) is 5.05. The van der Waals surface area contributed by atoms with Crippen molar-refractivity contribution in [3.05, 3.63) is 35.4 Å². The highest BCUT2D eigenvalue weighted by atomic mass is 32.1. The third kappa shape index (κ3) is 5.25. The maximum absolute atomic E-state index is 11.9. The van der Waals surface area contributed by atoms with Crippen LogP contribution in [0, 0.1) is 0 Å². The largest absolute Gasteiger partial charge is 0.350 e. The van der Waals surface area contributed by atoms with Gasteiger partial charge in [0.25, 0.3) is 0 Å². The molecule has 1 unspecified atom stereocenters. The lowest BCUT2D eigenvalue weighted by Crippen LogP contribution is -2.47. The van der Waals surface area contributed by atoms with Crippen molar-refractivity contribution in [1.82, 2.24) is 10.6 Å². The van der Waals surface area contributed by atoms with Crippen molar-refractivity contribution in [2.45, 2.75) is 39.3 Å². The lowest BCUT2D eigenvalue weighted by molar-refractivity contribution is -0.127. The van der Waals surface area contributed by atoms with Gasteiger partial charge in [-0.05, 0) is 17.0 Å². The molecule has 1 atom stereocenters. The number of benzene rings is 1. The zero-order valence-corrected chi connectivity index (χ0v) is 13.0. The van der Waals surface area contributed by atoms with Crippen molar-refractivity contribution in [3.63, 3.8) is 0 Å². The predicted molar refractivity (Wildman–Crippen MR) is 83.8 cm³/mol. The maximum atomic E-state index is 11.9. The summed E-state index contributed by atoms with van der Waals surface area (Å²) in [4.78, 5) is 22.9. The van der Waals surface area contributed by atoms with Gasteiger partial charge >= 0.3 is 0 Å². The van der Waals surface area contributed by atoms with E-state index in [1.807, 2.05) is 12.1 Å². The summed E-state index contributed by atoms with van der Waals surface area (Å²) in [6.07, 6.45) is 0. The average molecular weight is 294 g/mol. The van der Waals surface area contributed by atoms with Crippen LogP contribution in [-0.4, -0.2) is 23.6 Å². The highest BCUT2D eigenvalue weighted by Crippen LogP contribution is 2.14. The Hall–Kier alpha value is -1.49. The van der Waals surface area contributed by atoms with Gasteiger partial charge in [0.15, 0.2) is 0 Å². The highest BCUT2D eigenvalue weighted by Gasteiger charge is 2.16. The molecule has 0 aliphatic heterocycles. The Labute approximate surface area is 125 Å². The van der Waals surface area contributed by atoms with Gasteiger partial charge in [-0.2, -0.15) is 12.6 Å². The van der Waals surface area contributed by atoms with Crippen molar-refractivity contribution in [3.8, 4) is 0 Å². The monoisotopic (exact) mass is 294 g/mol. The van der Waals surface area contributed by atoms with Crippen LogP contribution in [0.25, 0.3) is 0 Å². The summed E-state index contributed by atoms with van der Waals surface area (Å²) in [7, 11) is 0. The van der Waals surface area contributed by atoms with Crippen LogP contribution in [0.4, 0.5) is 0 Å². The molecule has 20 heavy (non-hydrogen) atoms. The third-order valence-electron chi connectivity index (χ3n) is 2.99. The van der Waals surface area contributed by atoms with E-state index in [4.69, 9.17) is 0 Å². The Morgan fingerprint density at radius 2 is 1.80 bits per heavy atom. The SMILES string of the molecule is CC(=O)NC(CS)C(=O)NCc1ccc(C(C)C)cc1. The number of hydrogen-bond donors (Lipinski definition) is 3. The Bertz CT molecular complexity index is 457. The average Bonchev–Trinajstić information content (AvgIpc) is 2.42. The fourth-order valence-electron chi connectivity index (χ4n) is 1.77. The van der Waals surface area contributed by atoms with Gasteiger partial charge in [0.1, 0.15) is 6.04 Å². The molecule has 2 N–H and O–H groups in total. The minimum Gasteiger partial charge on any atom is -0.350 e. The molecule has 4 nitrogen and oxygen atoms in total. The van der Waals surface area contributed by atoms with E-state index in [9.17, 15) is 9.59 Å². The molecule has 1 aromatic carbocycles.